The lowest BCUT2D eigenvalue weighted by Crippen LogP contribution is -2.31. The smallest absolute Gasteiger partial charge is 0.0128 e. The molecule has 0 amide bonds. The average Bonchev–Trinajstić information content (AvgIpc) is 1.82. The van der Waals surface area contributed by atoms with Crippen LogP contribution in [0.1, 0.15) is 27.2 Å². The van der Waals surface area contributed by atoms with Gasteiger partial charge in [0.2, 0.25) is 0 Å². The number of halogens is 1. The van der Waals surface area contributed by atoms with E-state index in [0.29, 0.717) is 5.54 Å². The summed E-state index contributed by atoms with van der Waals surface area (Å²) in [6, 6.07) is 0. The molecule has 1 saturated heterocycles. The van der Waals surface area contributed by atoms with Gasteiger partial charge in [-0.05, 0) is 32.7 Å². The Morgan fingerprint density at radius 3 is 2.11 bits per heavy atom. The molecule has 0 bridgehead atoms. The molecule has 1 rings (SSSR count). The quantitative estimate of drug-likeness (QED) is 0.554. The second-order valence-corrected chi connectivity index (χ2v) is 3.57. The lowest BCUT2D eigenvalue weighted by Gasteiger charge is -2.16. The van der Waals surface area contributed by atoms with E-state index < -0.39 is 0 Å². The first-order valence-corrected chi connectivity index (χ1v) is 3.35. The Hall–Kier alpha value is 0.250. The van der Waals surface area contributed by atoms with Crippen LogP contribution in [0.4, 0.5) is 0 Å². The van der Waals surface area contributed by atoms with E-state index >= 15 is 0 Å². The minimum absolute atomic E-state index is 0. The molecule has 0 radical (unpaired) electrons. The third kappa shape index (κ3) is 2.55. The van der Waals surface area contributed by atoms with Crippen molar-refractivity contribution in [2.24, 2.45) is 5.92 Å². The molecule has 2 heteroatoms. The molecule has 1 aliphatic rings. The van der Waals surface area contributed by atoms with Crippen molar-refractivity contribution in [1.29, 1.82) is 0 Å². The van der Waals surface area contributed by atoms with E-state index in [1.165, 1.54) is 13.0 Å². The Balaban J connectivity index is 0.000000640. The molecule has 0 spiro atoms. The van der Waals surface area contributed by atoms with Gasteiger partial charge in [-0.3, -0.25) is 0 Å². The van der Waals surface area contributed by atoms with Crippen LogP contribution in [0.2, 0.25) is 0 Å². The maximum atomic E-state index is 3.45. The topological polar surface area (TPSA) is 12.0 Å². The molecule has 1 N–H and O–H groups in total. The summed E-state index contributed by atoms with van der Waals surface area (Å²) in [5, 5.41) is 3.45. The van der Waals surface area contributed by atoms with Crippen molar-refractivity contribution in [3.63, 3.8) is 0 Å². The Labute approximate surface area is 63.6 Å². The molecule has 1 heterocycles. The number of hydrogen-bond acceptors (Lipinski definition) is 1. The van der Waals surface area contributed by atoms with Crippen molar-refractivity contribution in [1.82, 2.24) is 5.32 Å². The lowest BCUT2D eigenvalue weighted by atomic mass is 9.99. The first-order valence-electron chi connectivity index (χ1n) is 3.35. The Morgan fingerprint density at radius 1 is 1.44 bits per heavy atom. The summed E-state index contributed by atoms with van der Waals surface area (Å²) in [5.41, 5.74) is 0.416. The molecule has 1 atom stereocenters. The van der Waals surface area contributed by atoms with E-state index in [9.17, 15) is 0 Å². The minimum Gasteiger partial charge on any atom is -0.312 e. The molecule has 1 aliphatic heterocycles. The van der Waals surface area contributed by atoms with E-state index in [-0.39, 0.29) is 12.4 Å². The maximum Gasteiger partial charge on any atom is 0.0128 e. The van der Waals surface area contributed by atoms with Crippen molar-refractivity contribution in [3.8, 4) is 0 Å². The predicted octanol–water partition coefficient (Wildman–Crippen LogP) is 1.82. The predicted molar refractivity (Wildman–Crippen MR) is 43.1 cm³/mol. The molecule has 9 heavy (non-hydrogen) atoms. The van der Waals surface area contributed by atoms with Gasteiger partial charge in [-0.15, -0.1) is 12.4 Å². The first kappa shape index (κ1) is 9.25. The highest BCUT2D eigenvalue weighted by atomic mass is 35.5. The van der Waals surface area contributed by atoms with Crippen LogP contribution in [0.15, 0.2) is 0 Å². The van der Waals surface area contributed by atoms with Crippen LogP contribution in [0, 0.1) is 5.92 Å². The first-order chi connectivity index (χ1) is 3.60. The van der Waals surface area contributed by atoms with Crippen LogP contribution in [-0.4, -0.2) is 12.1 Å². The highest BCUT2D eigenvalue weighted by Crippen LogP contribution is 2.21. The number of rotatable bonds is 0. The van der Waals surface area contributed by atoms with Gasteiger partial charge in [0.25, 0.3) is 0 Å². The zero-order chi connectivity index (χ0) is 6.20. The molecular weight excluding hydrogens is 134 g/mol. The highest BCUT2D eigenvalue weighted by molar-refractivity contribution is 5.85. The minimum atomic E-state index is 0. The fourth-order valence-electron chi connectivity index (χ4n) is 1.47. The van der Waals surface area contributed by atoms with Gasteiger partial charge in [0, 0.05) is 5.54 Å². The van der Waals surface area contributed by atoms with Crippen molar-refractivity contribution in [3.05, 3.63) is 0 Å². The maximum absolute atomic E-state index is 3.45. The van der Waals surface area contributed by atoms with Crippen LogP contribution >= 0.6 is 12.4 Å². The lowest BCUT2D eigenvalue weighted by molar-refractivity contribution is 0.448. The summed E-state index contributed by atoms with van der Waals surface area (Å²) in [7, 11) is 0. The van der Waals surface area contributed by atoms with Gasteiger partial charge < -0.3 is 5.32 Å². The molecule has 0 aromatic heterocycles. The molecule has 1 fully saturated rings. The van der Waals surface area contributed by atoms with Gasteiger partial charge in [0.1, 0.15) is 0 Å². The van der Waals surface area contributed by atoms with Crippen LogP contribution in [0.5, 0.6) is 0 Å². The molecule has 1 nitrogen and oxygen atoms in total. The monoisotopic (exact) mass is 149 g/mol. The summed E-state index contributed by atoms with van der Waals surface area (Å²) in [4.78, 5) is 0. The van der Waals surface area contributed by atoms with Crippen LogP contribution in [-0.2, 0) is 0 Å². The van der Waals surface area contributed by atoms with Gasteiger partial charge in [-0.25, -0.2) is 0 Å². The fourth-order valence-corrected chi connectivity index (χ4v) is 1.47. The van der Waals surface area contributed by atoms with Gasteiger partial charge >= 0.3 is 0 Å². The number of nitrogens with one attached hydrogen (secondary N) is 1. The van der Waals surface area contributed by atoms with Crippen LogP contribution in [0.25, 0.3) is 0 Å². The molecule has 56 valence electrons. The molecule has 0 aliphatic carbocycles. The molecular formula is C7H16ClN. The van der Waals surface area contributed by atoms with Crippen LogP contribution < -0.4 is 5.32 Å². The zero-order valence-corrected chi connectivity index (χ0v) is 7.22. The zero-order valence-electron chi connectivity index (χ0n) is 6.40. The summed E-state index contributed by atoms with van der Waals surface area (Å²) in [6.07, 6.45) is 1.33. The van der Waals surface area contributed by atoms with Crippen molar-refractivity contribution < 1.29 is 0 Å². The fraction of sp³-hybridized carbons (Fsp3) is 1.00. The van der Waals surface area contributed by atoms with Gasteiger partial charge in [0.15, 0.2) is 0 Å². The van der Waals surface area contributed by atoms with Crippen molar-refractivity contribution >= 4 is 12.4 Å². The highest BCUT2D eigenvalue weighted by Gasteiger charge is 2.26. The normalized spacial score (nSPS) is 31.7. The molecule has 0 aromatic rings. The molecule has 0 unspecified atom stereocenters. The van der Waals surface area contributed by atoms with Gasteiger partial charge in [-0.1, -0.05) is 6.92 Å². The second kappa shape index (κ2) is 2.89. The largest absolute Gasteiger partial charge is 0.312 e. The third-order valence-corrected chi connectivity index (χ3v) is 1.79. The Kier molecular flexibility index (Phi) is 2.97. The van der Waals surface area contributed by atoms with E-state index in [0.717, 1.165) is 5.92 Å². The number of hydrogen-bond donors (Lipinski definition) is 1. The van der Waals surface area contributed by atoms with Crippen molar-refractivity contribution in [2.45, 2.75) is 32.7 Å². The SMILES string of the molecule is C[C@@H]1CNC(C)(C)C1.Cl. The molecule has 0 aromatic carbocycles. The van der Waals surface area contributed by atoms with E-state index in [2.05, 4.69) is 26.1 Å². The third-order valence-electron chi connectivity index (χ3n) is 1.79. The summed E-state index contributed by atoms with van der Waals surface area (Å²) in [5.74, 6) is 0.880. The second-order valence-electron chi connectivity index (χ2n) is 3.57. The van der Waals surface area contributed by atoms with E-state index in [4.69, 9.17) is 0 Å². The van der Waals surface area contributed by atoms with E-state index in [1.54, 1.807) is 0 Å². The van der Waals surface area contributed by atoms with Crippen LogP contribution in [0.3, 0.4) is 0 Å². The van der Waals surface area contributed by atoms with Gasteiger partial charge in [0.05, 0.1) is 0 Å². The standard InChI is InChI=1S/C7H15N.ClH/c1-6-4-7(2,3)8-5-6;/h6,8H,4-5H2,1-3H3;1H/t6-;/m0./s1. The van der Waals surface area contributed by atoms with E-state index in [1.807, 2.05) is 0 Å². The average molecular weight is 150 g/mol. The Morgan fingerprint density at radius 2 is 2.00 bits per heavy atom. The Bertz CT molecular complexity index is 90.9. The summed E-state index contributed by atoms with van der Waals surface area (Å²) >= 11 is 0. The molecule has 0 saturated carbocycles. The summed E-state index contributed by atoms with van der Waals surface area (Å²) in [6.45, 7) is 8.02. The van der Waals surface area contributed by atoms with Crippen molar-refractivity contribution in [2.75, 3.05) is 6.54 Å². The summed E-state index contributed by atoms with van der Waals surface area (Å²) < 4.78 is 0. The van der Waals surface area contributed by atoms with Gasteiger partial charge in [-0.2, -0.15) is 0 Å².